The number of piperazine rings is 1. The third kappa shape index (κ3) is 3.81. The van der Waals surface area contributed by atoms with Gasteiger partial charge >= 0.3 is 0 Å². The van der Waals surface area contributed by atoms with Gasteiger partial charge in [0, 0.05) is 23.1 Å². The standard InChI is InChI=1S/C20H20ClN3O4/c21-16-2-3-17(18(12-16)24(26)27)20(25)23-8-6-22(7-9-23)13-14-1-4-19-15(11-14)5-10-28-19/h1-4,11-12H,5-10,13H2/p+1. The van der Waals surface area contributed by atoms with Crippen molar-refractivity contribution in [3.05, 3.63) is 68.2 Å². The summed E-state index contributed by atoms with van der Waals surface area (Å²) in [6.07, 6.45) is 0.959. The van der Waals surface area contributed by atoms with Gasteiger partial charge in [0.2, 0.25) is 0 Å². The van der Waals surface area contributed by atoms with Crippen LogP contribution in [0.1, 0.15) is 21.5 Å². The Labute approximate surface area is 167 Å². The molecular formula is C20H21ClN3O4+. The molecule has 0 saturated carbocycles. The van der Waals surface area contributed by atoms with Crippen molar-refractivity contribution >= 4 is 23.2 Å². The highest BCUT2D eigenvalue weighted by atomic mass is 35.5. The van der Waals surface area contributed by atoms with Crippen LogP contribution in [-0.4, -0.2) is 48.5 Å². The van der Waals surface area contributed by atoms with Gasteiger partial charge in [-0.1, -0.05) is 11.6 Å². The first-order valence-electron chi connectivity index (χ1n) is 9.32. The maximum absolute atomic E-state index is 12.8. The Morgan fingerprint density at radius 3 is 2.75 bits per heavy atom. The number of hydrogen-bond acceptors (Lipinski definition) is 4. The van der Waals surface area contributed by atoms with E-state index in [2.05, 4.69) is 12.1 Å². The lowest BCUT2D eigenvalue weighted by Gasteiger charge is -2.32. The topological polar surface area (TPSA) is 77.1 Å². The van der Waals surface area contributed by atoms with Crippen molar-refractivity contribution in [2.75, 3.05) is 32.8 Å². The van der Waals surface area contributed by atoms with E-state index in [9.17, 15) is 14.9 Å². The minimum atomic E-state index is -0.557. The molecule has 0 aromatic heterocycles. The quantitative estimate of drug-likeness (QED) is 0.624. The number of benzene rings is 2. The highest BCUT2D eigenvalue weighted by molar-refractivity contribution is 6.31. The maximum Gasteiger partial charge on any atom is 0.283 e. The van der Waals surface area contributed by atoms with Gasteiger partial charge in [0.25, 0.3) is 11.6 Å². The predicted octanol–water partition coefficient (Wildman–Crippen LogP) is 1.72. The van der Waals surface area contributed by atoms with Crippen molar-refractivity contribution in [2.45, 2.75) is 13.0 Å². The molecular weight excluding hydrogens is 382 g/mol. The summed E-state index contributed by atoms with van der Waals surface area (Å²) in [5.41, 5.74) is 2.39. The van der Waals surface area contributed by atoms with Crippen LogP contribution in [0.2, 0.25) is 5.02 Å². The average molecular weight is 403 g/mol. The molecule has 0 spiro atoms. The Morgan fingerprint density at radius 2 is 2.00 bits per heavy atom. The van der Waals surface area contributed by atoms with Crippen LogP contribution in [0.15, 0.2) is 36.4 Å². The second-order valence-corrected chi connectivity index (χ2v) is 7.61. The fourth-order valence-corrected chi connectivity index (χ4v) is 4.01. The summed E-state index contributed by atoms with van der Waals surface area (Å²) >= 11 is 5.84. The molecule has 4 rings (SSSR count). The summed E-state index contributed by atoms with van der Waals surface area (Å²) in [6.45, 7) is 4.41. The fraction of sp³-hybridized carbons (Fsp3) is 0.350. The Bertz CT molecular complexity index is 926. The van der Waals surface area contributed by atoms with Gasteiger partial charge in [0.1, 0.15) is 17.9 Å². The van der Waals surface area contributed by atoms with Gasteiger partial charge in [-0.25, -0.2) is 0 Å². The molecule has 0 atom stereocenters. The van der Waals surface area contributed by atoms with Gasteiger partial charge in [-0.15, -0.1) is 0 Å². The maximum atomic E-state index is 12.8. The molecule has 0 unspecified atom stereocenters. The predicted molar refractivity (Wildman–Crippen MR) is 104 cm³/mol. The summed E-state index contributed by atoms with van der Waals surface area (Å²) in [6, 6.07) is 10.5. The Hall–Kier alpha value is -2.64. The van der Waals surface area contributed by atoms with Crippen molar-refractivity contribution in [3.63, 3.8) is 0 Å². The number of amides is 1. The molecule has 0 radical (unpaired) electrons. The molecule has 8 heteroatoms. The first kappa shape index (κ1) is 18.7. The van der Waals surface area contributed by atoms with E-state index in [1.54, 1.807) is 4.90 Å². The molecule has 0 bridgehead atoms. The zero-order valence-corrected chi connectivity index (χ0v) is 16.1. The summed E-state index contributed by atoms with van der Waals surface area (Å²) in [5, 5.41) is 11.5. The zero-order chi connectivity index (χ0) is 19.7. The first-order chi connectivity index (χ1) is 13.5. The second-order valence-electron chi connectivity index (χ2n) is 7.18. The molecule has 2 heterocycles. The van der Waals surface area contributed by atoms with Gasteiger partial charge in [0.05, 0.1) is 37.7 Å². The number of carbonyl (C=O) groups excluding carboxylic acids is 1. The van der Waals surface area contributed by atoms with E-state index in [1.807, 2.05) is 6.07 Å². The van der Waals surface area contributed by atoms with E-state index >= 15 is 0 Å². The Kier molecular flexibility index (Phi) is 5.19. The van der Waals surface area contributed by atoms with Gasteiger partial charge in [-0.05, 0) is 35.9 Å². The van der Waals surface area contributed by atoms with Crippen LogP contribution in [0.3, 0.4) is 0 Å². The Morgan fingerprint density at radius 1 is 1.21 bits per heavy atom. The lowest BCUT2D eigenvalue weighted by atomic mass is 10.1. The van der Waals surface area contributed by atoms with Crippen LogP contribution in [-0.2, 0) is 13.0 Å². The molecule has 1 fully saturated rings. The summed E-state index contributed by atoms with van der Waals surface area (Å²) in [7, 11) is 0. The van der Waals surface area contributed by atoms with E-state index in [-0.39, 0.29) is 22.2 Å². The van der Waals surface area contributed by atoms with Crippen molar-refractivity contribution in [2.24, 2.45) is 0 Å². The van der Waals surface area contributed by atoms with Crippen LogP contribution < -0.4 is 9.64 Å². The smallest absolute Gasteiger partial charge is 0.283 e. The van der Waals surface area contributed by atoms with Crippen LogP contribution in [0.25, 0.3) is 0 Å². The van der Waals surface area contributed by atoms with Crippen LogP contribution in [0, 0.1) is 10.1 Å². The molecule has 1 amide bonds. The number of fused-ring (bicyclic) bond motifs is 1. The van der Waals surface area contributed by atoms with E-state index in [0.717, 1.165) is 38.4 Å². The highest BCUT2D eigenvalue weighted by Crippen LogP contribution is 2.26. The number of nitrogens with zero attached hydrogens (tertiary/aromatic N) is 2. The second kappa shape index (κ2) is 7.77. The van der Waals surface area contributed by atoms with Crippen molar-refractivity contribution < 1.29 is 19.4 Å². The number of rotatable bonds is 4. The zero-order valence-electron chi connectivity index (χ0n) is 15.3. The normalized spacial score (nSPS) is 16.5. The number of hydrogen-bond donors (Lipinski definition) is 1. The van der Waals surface area contributed by atoms with Gasteiger partial charge in [0.15, 0.2) is 0 Å². The molecule has 2 aromatic carbocycles. The number of halogens is 1. The molecule has 7 nitrogen and oxygen atoms in total. The van der Waals surface area contributed by atoms with Crippen molar-refractivity contribution in [3.8, 4) is 5.75 Å². The van der Waals surface area contributed by atoms with E-state index in [1.165, 1.54) is 34.2 Å². The molecule has 28 heavy (non-hydrogen) atoms. The summed E-state index contributed by atoms with van der Waals surface area (Å²) in [5.74, 6) is 0.677. The molecule has 2 aromatic rings. The van der Waals surface area contributed by atoms with E-state index in [0.29, 0.717) is 13.1 Å². The number of nitro groups is 1. The van der Waals surface area contributed by atoms with Crippen molar-refractivity contribution in [1.29, 1.82) is 0 Å². The van der Waals surface area contributed by atoms with E-state index in [4.69, 9.17) is 16.3 Å². The molecule has 146 valence electrons. The molecule has 2 aliphatic rings. The minimum Gasteiger partial charge on any atom is -0.493 e. The number of ether oxygens (including phenoxy) is 1. The molecule has 0 aliphatic carbocycles. The lowest BCUT2D eigenvalue weighted by molar-refractivity contribution is -0.917. The monoisotopic (exact) mass is 402 g/mol. The average Bonchev–Trinajstić information content (AvgIpc) is 3.16. The third-order valence-electron chi connectivity index (χ3n) is 5.35. The van der Waals surface area contributed by atoms with Crippen LogP contribution >= 0.6 is 11.6 Å². The third-order valence-corrected chi connectivity index (χ3v) is 5.59. The number of quaternary nitrogens is 1. The largest absolute Gasteiger partial charge is 0.493 e. The van der Waals surface area contributed by atoms with Crippen LogP contribution in [0.4, 0.5) is 5.69 Å². The number of nitrogens with one attached hydrogen (secondary N) is 1. The molecule has 2 aliphatic heterocycles. The Balaban J connectivity index is 1.39. The lowest BCUT2D eigenvalue weighted by Crippen LogP contribution is -3.13. The minimum absolute atomic E-state index is 0.0940. The number of carbonyl (C=O) groups is 1. The fourth-order valence-electron chi connectivity index (χ4n) is 3.85. The number of nitro benzene ring substituents is 1. The van der Waals surface area contributed by atoms with Gasteiger partial charge < -0.3 is 14.5 Å². The summed E-state index contributed by atoms with van der Waals surface area (Å²) in [4.78, 5) is 26.6. The summed E-state index contributed by atoms with van der Waals surface area (Å²) < 4.78 is 5.55. The van der Waals surface area contributed by atoms with Gasteiger partial charge in [-0.2, -0.15) is 0 Å². The van der Waals surface area contributed by atoms with E-state index < -0.39 is 4.92 Å². The van der Waals surface area contributed by atoms with Gasteiger partial charge in [-0.3, -0.25) is 14.9 Å². The highest BCUT2D eigenvalue weighted by Gasteiger charge is 2.29. The van der Waals surface area contributed by atoms with Crippen LogP contribution in [0.5, 0.6) is 5.75 Å². The SMILES string of the molecule is O=C(c1ccc(Cl)cc1[N+](=O)[O-])N1CC[NH+](Cc2ccc3c(c2)CCO3)CC1. The molecule has 1 saturated heterocycles. The van der Waals surface area contributed by atoms with Crippen molar-refractivity contribution in [1.82, 2.24) is 4.90 Å². The first-order valence-corrected chi connectivity index (χ1v) is 9.70. The molecule has 1 N–H and O–H groups in total.